The van der Waals surface area contributed by atoms with Crippen LogP contribution in [0.1, 0.15) is 38.3 Å². The van der Waals surface area contributed by atoms with E-state index in [1.807, 2.05) is 6.07 Å². The number of nitrogens with one attached hydrogen (secondary N) is 1. The van der Waals surface area contributed by atoms with Crippen LogP contribution in [-0.4, -0.2) is 52.4 Å². The minimum atomic E-state index is -1.32. The van der Waals surface area contributed by atoms with E-state index in [0.717, 1.165) is 17.0 Å². The summed E-state index contributed by atoms with van der Waals surface area (Å²) in [7, 11) is 1.38. The zero-order chi connectivity index (χ0) is 26.7. The van der Waals surface area contributed by atoms with Crippen LogP contribution in [0.4, 0.5) is 19.3 Å². The molecule has 188 valence electrons. The van der Waals surface area contributed by atoms with Crippen molar-refractivity contribution in [1.82, 2.24) is 4.90 Å². The molecule has 0 aromatic heterocycles. The monoisotopic (exact) mass is 495 g/mol. The van der Waals surface area contributed by atoms with Gasteiger partial charge in [0, 0.05) is 24.3 Å². The van der Waals surface area contributed by atoms with Crippen LogP contribution in [0.15, 0.2) is 54.7 Å². The minimum Gasteiger partial charge on any atom is -0.385 e. The fourth-order valence-corrected chi connectivity index (χ4v) is 3.67. The Labute approximate surface area is 208 Å². The molecular weight excluding hydrogens is 466 g/mol. The van der Waals surface area contributed by atoms with Crippen molar-refractivity contribution >= 4 is 23.3 Å². The van der Waals surface area contributed by atoms with Crippen LogP contribution in [0.3, 0.4) is 0 Å². The topological polar surface area (TPSA) is 101 Å². The van der Waals surface area contributed by atoms with Crippen LogP contribution in [0.25, 0.3) is 0 Å². The molecule has 0 radical (unpaired) electrons. The molecule has 1 aliphatic heterocycles. The lowest BCUT2D eigenvalue weighted by Crippen LogP contribution is -2.82. The molecule has 1 saturated heterocycles. The molecule has 0 unspecified atom stereocenters. The number of carbonyl (C=O) groups is 2. The van der Waals surface area contributed by atoms with Crippen molar-refractivity contribution in [3.05, 3.63) is 77.5 Å². The van der Waals surface area contributed by atoms with Gasteiger partial charge in [-0.2, -0.15) is 0 Å². The van der Waals surface area contributed by atoms with Crippen molar-refractivity contribution in [3.8, 4) is 11.8 Å². The number of hydrogen-bond acceptors (Lipinski definition) is 4. The minimum absolute atomic E-state index is 0.0363. The highest BCUT2D eigenvalue weighted by atomic mass is 19.1. The fourth-order valence-electron chi connectivity index (χ4n) is 3.67. The summed E-state index contributed by atoms with van der Waals surface area (Å²) in [6, 6.07) is 9.91. The number of carbonyl (C=O) groups excluding carboxylic acids is 2. The van der Waals surface area contributed by atoms with Crippen LogP contribution in [-0.2, 0) is 4.79 Å². The second kappa shape index (κ2) is 10.4. The van der Waals surface area contributed by atoms with Crippen molar-refractivity contribution in [2.75, 3.05) is 18.5 Å². The number of hydrogen-bond donors (Lipinski definition) is 3. The number of urea groups is 1. The summed E-state index contributed by atoms with van der Waals surface area (Å²) in [5.74, 6) is 2.46. The maximum Gasteiger partial charge on any atom is 0.332 e. The van der Waals surface area contributed by atoms with E-state index in [1.165, 1.54) is 20.0 Å². The maximum absolute atomic E-state index is 15.0. The van der Waals surface area contributed by atoms with Gasteiger partial charge in [0.25, 0.3) is 0 Å². The molecule has 2 aromatic carbocycles. The summed E-state index contributed by atoms with van der Waals surface area (Å²) in [6.07, 6.45) is 2.65. The molecule has 3 rings (SSSR count). The number of aliphatic hydroxyl groups is 1. The van der Waals surface area contributed by atoms with E-state index in [4.69, 9.17) is 5.41 Å². The molecule has 1 atom stereocenters. The molecule has 9 heteroatoms. The second-order valence-corrected chi connectivity index (χ2v) is 9.45. The third kappa shape index (κ3) is 5.85. The zero-order valence-corrected chi connectivity index (χ0v) is 20.6. The highest BCUT2D eigenvalue weighted by molar-refractivity contribution is 6.20. The van der Waals surface area contributed by atoms with E-state index in [1.54, 1.807) is 49.6 Å². The Morgan fingerprint density at radius 1 is 1.17 bits per heavy atom. The number of halogens is 2. The number of nitrogens with zero attached hydrogens (tertiary/aromatic N) is 2. The quantitative estimate of drug-likeness (QED) is 0.424. The average Bonchev–Trinajstić information content (AvgIpc) is 2.80. The van der Waals surface area contributed by atoms with Crippen LogP contribution in [0.2, 0.25) is 0 Å². The Hall–Kier alpha value is -3.87. The van der Waals surface area contributed by atoms with Crippen molar-refractivity contribution in [3.63, 3.8) is 0 Å². The molecule has 0 bridgehead atoms. The smallest absolute Gasteiger partial charge is 0.332 e. The van der Waals surface area contributed by atoms with E-state index < -0.39 is 40.4 Å². The molecule has 0 aliphatic carbocycles. The van der Waals surface area contributed by atoms with Gasteiger partial charge in [0.15, 0.2) is 11.6 Å². The highest BCUT2D eigenvalue weighted by Crippen LogP contribution is 2.34. The van der Waals surface area contributed by atoms with E-state index in [9.17, 15) is 23.5 Å². The van der Waals surface area contributed by atoms with Gasteiger partial charge in [-0.25, -0.2) is 18.5 Å². The van der Waals surface area contributed by atoms with Gasteiger partial charge in [-0.15, -0.1) is 0 Å². The largest absolute Gasteiger partial charge is 0.385 e. The Morgan fingerprint density at radius 3 is 2.33 bits per heavy atom. The van der Waals surface area contributed by atoms with E-state index >= 15 is 0 Å². The SMILES string of the molecule is CN1C(=O)N(c2c(F)cc(C#Cc3ccccc3)cc2F)C(=O)C[C@@]1(C)C(=N)/C=C\[NH2+]CC(C)(C)O. The van der Waals surface area contributed by atoms with E-state index in [-0.39, 0.29) is 17.7 Å². The number of imide groups is 1. The lowest BCUT2D eigenvalue weighted by Gasteiger charge is -2.45. The number of benzene rings is 2. The summed E-state index contributed by atoms with van der Waals surface area (Å²) in [5, 5.41) is 19.9. The van der Waals surface area contributed by atoms with Crippen LogP contribution in [0, 0.1) is 28.9 Å². The number of nitrogens with two attached hydrogens (primary N) is 1. The summed E-state index contributed by atoms with van der Waals surface area (Å²) in [6.45, 7) is 5.17. The maximum atomic E-state index is 15.0. The van der Waals surface area contributed by atoms with Crippen molar-refractivity contribution in [2.45, 2.75) is 38.3 Å². The predicted molar refractivity (Wildman–Crippen MR) is 132 cm³/mol. The molecule has 1 heterocycles. The third-order valence-electron chi connectivity index (χ3n) is 5.93. The molecule has 36 heavy (non-hydrogen) atoms. The standard InChI is InChI=1S/C27H28F2N4O3/c1-26(2,36)17-31-13-12-22(30)27(3)16-23(34)33(25(35)32(27)4)24-20(28)14-19(15-21(24)29)11-10-18-8-6-5-7-9-18/h5-9,12-15,30-31,36H,16-17H2,1-4H3/p+1/b13-12-,30-22?/t27-/m0/s1. The Kier molecular flexibility index (Phi) is 7.72. The van der Waals surface area contributed by atoms with Crippen LogP contribution in [0.5, 0.6) is 0 Å². The molecule has 1 fully saturated rings. The Bertz CT molecular complexity index is 1250. The molecule has 1 aliphatic rings. The van der Waals surface area contributed by atoms with Gasteiger partial charge >= 0.3 is 6.03 Å². The first-order chi connectivity index (χ1) is 16.8. The van der Waals surface area contributed by atoms with Crippen molar-refractivity contribution in [2.24, 2.45) is 0 Å². The number of quaternary nitrogens is 1. The fraction of sp³-hybridized carbons (Fsp3) is 0.296. The average molecular weight is 496 g/mol. The van der Waals surface area contributed by atoms with E-state index in [2.05, 4.69) is 11.8 Å². The molecular formula is C27H29F2N4O3+. The van der Waals surface area contributed by atoms with Gasteiger partial charge in [-0.3, -0.25) is 4.79 Å². The van der Waals surface area contributed by atoms with Gasteiger partial charge in [0.2, 0.25) is 5.91 Å². The van der Waals surface area contributed by atoms with Gasteiger partial charge < -0.3 is 20.7 Å². The van der Waals surface area contributed by atoms with Crippen molar-refractivity contribution < 1.29 is 28.8 Å². The first kappa shape index (κ1) is 26.7. The lowest BCUT2D eigenvalue weighted by atomic mass is 9.87. The molecule has 4 N–H and O–H groups in total. The first-order valence-corrected chi connectivity index (χ1v) is 11.3. The normalized spacial score (nSPS) is 18.4. The predicted octanol–water partition coefficient (Wildman–Crippen LogP) is 2.78. The van der Waals surface area contributed by atoms with E-state index in [0.29, 0.717) is 17.0 Å². The highest BCUT2D eigenvalue weighted by Gasteiger charge is 2.48. The molecule has 2 aromatic rings. The number of rotatable bonds is 6. The summed E-state index contributed by atoms with van der Waals surface area (Å²) >= 11 is 0. The second-order valence-electron chi connectivity index (χ2n) is 9.45. The van der Waals surface area contributed by atoms with Crippen LogP contribution >= 0.6 is 0 Å². The molecule has 7 nitrogen and oxygen atoms in total. The summed E-state index contributed by atoms with van der Waals surface area (Å²) in [4.78, 5) is 27.7. The van der Waals surface area contributed by atoms with Crippen molar-refractivity contribution in [1.29, 1.82) is 5.41 Å². The van der Waals surface area contributed by atoms with Gasteiger partial charge in [-0.05, 0) is 45.0 Å². The Balaban J connectivity index is 1.84. The van der Waals surface area contributed by atoms with Gasteiger partial charge in [0.1, 0.15) is 17.8 Å². The summed E-state index contributed by atoms with van der Waals surface area (Å²) < 4.78 is 30.0. The third-order valence-corrected chi connectivity index (χ3v) is 5.93. The molecule has 3 amide bonds. The number of anilines is 1. The summed E-state index contributed by atoms with van der Waals surface area (Å²) in [5.41, 5.74) is -2.32. The first-order valence-electron chi connectivity index (χ1n) is 11.3. The van der Waals surface area contributed by atoms with Gasteiger partial charge in [0.05, 0.1) is 23.9 Å². The zero-order valence-electron chi connectivity index (χ0n) is 20.6. The molecule has 0 saturated carbocycles. The number of amides is 3. The molecule has 0 spiro atoms. The van der Waals surface area contributed by atoms with Crippen LogP contribution < -0.4 is 10.2 Å². The Morgan fingerprint density at radius 2 is 1.75 bits per heavy atom. The lowest BCUT2D eigenvalue weighted by molar-refractivity contribution is -0.601. The van der Waals surface area contributed by atoms with Gasteiger partial charge in [-0.1, -0.05) is 30.0 Å².